The molecule has 9 heteroatoms. The fraction of sp³-hybridized carbons (Fsp3) is 0.375. The van der Waals surface area contributed by atoms with Gasteiger partial charge in [0.25, 0.3) is 10.0 Å². The molecular weight excluding hydrogens is 538 g/mol. The molecule has 0 aliphatic rings. The number of anilines is 1. The third-order valence-electron chi connectivity index (χ3n) is 6.89. The molecule has 0 heterocycles. The van der Waals surface area contributed by atoms with Gasteiger partial charge in [-0.05, 0) is 67.6 Å². The summed E-state index contributed by atoms with van der Waals surface area (Å²) in [7, 11) is -2.54. The maximum absolute atomic E-state index is 14.1. The standard InChI is InChI=1S/C32H41N3O5S/c1-7-27-10-8-9-11-30(27)35(41(38,39)29-18-12-24(4)13-19-29)22-31(36)34(25(5)32(37)33-20-23(2)3)21-26-14-16-28(40-6)17-15-26/h8-19,23,25H,7,20-22H2,1-6H3,(H,33,37). The minimum absolute atomic E-state index is 0.0891. The maximum Gasteiger partial charge on any atom is 0.264 e. The highest BCUT2D eigenvalue weighted by atomic mass is 32.2. The average Bonchev–Trinajstić information content (AvgIpc) is 2.97. The smallest absolute Gasteiger partial charge is 0.264 e. The Morgan fingerprint density at radius 2 is 1.56 bits per heavy atom. The minimum Gasteiger partial charge on any atom is -0.497 e. The third kappa shape index (κ3) is 8.10. The molecular formula is C32H41N3O5S. The second-order valence-corrected chi connectivity index (χ2v) is 12.4. The van der Waals surface area contributed by atoms with Crippen molar-refractivity contribution in [1.29, 1.82) is 0 Å². The first-order chi connectivity index (χ1) is 19.5. The Balaban J connectivity index is 2.04. The Morgan fingerprint density at radius 3 is 2.15 bits per heavy atom. The van der Waals surface area contributed by atoms with Crippen molar-refractivity contribution in [3.63, 3.8) is 0 Å². The summed E-state index contributed by atoms with van der Waals surface area (Å²) in [5, 5.41) is 2.90. The van der Waals surface area contributed by atoms with Crippen molar-refractivity contribution < 1.29 is 22.7 Å². The molecule has 0 aromatic heterocycles. The first kappa shape index (κ1) is 31.7. The van der Waals surface area contributed by atoms with Gasteiger partial charge in [0.2, 0.25) is 11.8 Å². The zero-order chi connectivity index (χ0) is 30.2. The van der Waals surface area contributed by atoms with E-state index in [0.29, 0.717) is 24.4 Å². The van der Waals surface area contributed by atoms with Gasteiger partial charge in [-0.2, -0.15) is 0 Å². The van der Waals surface area contributed by atoms with Crippen LogP contribution < -0.4 is 14.4 Å². The number of amides is 2. The number of nitrogens with zero attached hydrogens (tertiary/aromatic N) is 2. The van der Waals surface area contributed by atoms with Crippen molar-refractivity contribution in [3.8, 4) is 5.75 Å². The fourth-order valence-corrected chi connectivity index (χ4v) is 5.82. The van der Waals surface area contributed by atoms with Gasteiger partial charge >= 0.3 is 0 Å². The summed E-state index contributed by atoms with van der Waals surface area (Å²) >= 11 is 0. The summed E-state index contributed by atoms with van der Waals surface area (Å²) in [6, 6.07) is 20.1. The Hall–Kier alpha value is -3.85. The number of para-hydroxylation sites is 1. The van der Waals surface area contributed by atoms with Gasteiger partial charge in [-0.25, -0.2) is 8.42 Å². The van der Waals surface area contributed by atoms with Crippen molar-refractivity contribution in [2.75, 3.05) is 24.5 Å². The van der Waals surface area contributed by atoms with E-state index in [1.807, 2.05) is 52.0 Å². The number of methoxy groups -OCH3 is 1. The summed E-state index contributed by atoms with van der Waals surface area (Å²) in [5.41, 5.74) is 2.93. The molecule has 3 aromatic rings. The van der Waals surface area contributed by atoms with E-state index in [4.69, 9.17) is 4.74 Å². The molecule has 3 aromatic carbocycles. The van der Waals surface area contributed by atoms with E-state index in [1.54, 1.807) is 62.6 Å². The van der Waals surface area contributed by atoms with E-state index in [9.17, 15) is 18.0 Å². The quantitative estimate of drug-likeness (QED) is 0.309. The van der Waals surface area contributed by atoms with Gasteiger partial charge in [0, 0.05) is 13.1 Å². The summed E-state index contributed by atoms with van der Waals surface area (Å²) in [6.07, 6.45) is 0.577. The minimum atomic E-state index is -4.11. The molecule has 0 saturated heterocycles. The third-order valence-corrected chi connectivity index (χ3v) is 8.67. The van der Waals surface area contributed by atoms with Crippen molar-refractivity contribution in [3.05, 3.63) is 89.5 Å². The molecule has 8 nitrogen and oxygen atoms in total. The molecule has 1 unspecified atom stereocenters. The molecule has 0 fully saturated rings. The van der Waals surface area contributed by atoms with Crippen molar-refractivity contribution in [1.82, 2.24) is 10.2 Å². The van der Waals surface area contributed by atoms with Gasteiger partial charge in [0.15, 0.2) is 0 Å². The molecule has 0 aliphatic carbocycles. The van der Waals surface area contributed by atoms with Crippen LogP contribution in [0.1, 0.15) is 44.4 Å². The zero-order valence-electron chi connectivity index (χ0n) is 24.8. The van der Waals surface area contributed by atoms with Crippen LogP contribution in [-0.4, -0.2) is 51.4 Å². The topological polar surface area (TPSA) is 96.0 Å². The highest BCUT2D eigenvalue weighted by Crippen LogP contribution is 2.28. The van der Waals surface area contributed by atoms with Gasteiger partial charge < -0.3 is 15.0 Å². The highest BCUT2D eigenvalue weighted by Gasteiger charge is 2.33. The van der Waals surface area contributed by atoms with Crippen LogP contribution in [0, 0.1) is 12.8 Å². The van der Waals surface area contributed by atoms with Crippen LogP contribution in [0.5, 0.6) is 5.75 Å². The van der Waals surface area contributed by atoms with E-state index in [1.165, 1.54) is 9.21 Å². The molecule has 41 heavy (non-hydrogen) atoms. The highest BCUT2D eigenvalue weighted by molar-refractivity contribution is 7.92. The number of sulfonamides is 1. The Bertz CT molecular complexity index is 1420. The lowest BCUT2D eigenvalue weighted by Crippen LogP contribution is -2.51. The molecule has 1 atom stereocenters. The Labute approximate surface area is 244 Å². The average molecular weight is 580 g/mol. The Morgan fingerprint density at radius 1 is 0.927 bits per heavy atom. The first-order valence-corrected chi connectivity index (χ1v) is 15.3. The molecule has 3 rings (SSSR count). The predicted octanol–water partition coefficient (Wildman–Crippen LogP) is 4.95. The Kier molecular flexibility index (Phi) is 10.9. The van der Waals surface area contributed by atoms with Crippen molar-refractivity contribution in [2.45, 2.75) is 58.5 Å². The maximum atomic E-state index is 14.1. The zero-order valence-corrected chi connectivity index (χ0v) is 25.6. The van der Waals surface area contributed by atoms with Gasteiger partial charge in [-0.3, -0.25) is 13.9 Å². The lowest BCUT2D eigenvalue weighted by molar-refractivity contribution is -0.139. The normalized spacial score (nSPS) is 12.1. The van der Waals surface area contributed by atoms with Crippen LogP contribution in [0.15, 0.2) is 77.7 Å². The monoisotopic (exact) mass is 579 g/mol. The number of rotatable bonds is 13. The van der Waals surface area contributed by atoms with Crippen LogP contribution in [0.25, 0.3) is 0 Å². The second-order valence-electron chi connectivity index (χ2n) is 10.5. The lowest BCUT2D eigenvalue weighted by atomic mass is 10.1. The van der Waals surface area contributed by atoms with E-state index in [-0.39, 0.29) is 23.3 Å². The molecule has 1 N–H and O–H groups in total. The van der Waals surface area contributed by atoms with Crippen LogP contribution in [-0.2, 0) is 32.6 Å². The van der Waals surface area contributed by atoms with Crippen molar-refractivity contribution in [2.24, 2.45) is 5.92 Å². The van der Waals surface area contributed by atoms with E-state index >= 15 is 0 Å². The molecule has 220 valence electrons. The molecule has 0 bridgehead atoms. The van der Waals surface area contributed by atoms with Crippen LogP contribution in [0.4, 0.5) is 5.69 Å². The molecule has 0 radical (unpaired) electrons. The molecule has 0 aliphatic heterocycles. The summed E-state index contributed by atoms with van der Waals surface area (Å²) in [6.45, 7) is 9.58. The number of carbonyl (C=O) groups excluding carboxylic acids is 2. The largest absolute Gasteiger partial charge is 0.497 e. The van der Waals surface area contributed by atoms with Crippen LogP contribution in [0.2, 0.25) is 0 Å². The SMILES string of the molecule is CCc1ccccc1N(CC(=O)N(Cc1ccc(OC)cc1)C(C)C(=O)NCC(C)C)S(=O)(=O)c1ccc(C)cc1. The summed E-state index contributed by atoms with van der Waals surface area (Å²) in [4.78, 5) is 28.7. The predicted molar refractivity (Wildman–Crippen MR) is 162 cm³/mol. The van der Waals surface area contributed by atoms with Crippen molar-refractivity contribution >= 4 is 27.5 Å². The van der Waals surface area contributed by atoms with Gasteiger partial charge in [0.1, 0.15) is 18.3 Å². The number of hydrogen-bond donors (Lipinski definition) is 1. The first-order valence-electron chi connectivity index (χ1n) is 13.8. The van der Waals surface area contributed by atoms with Gasteiger partial charge in [-0.1, -0.05) is 68.8 Å². The molecule has 0 saturated carbocycles. The van der Waals surface area contributed by atoms with Gasteiger partial charge in [-0.15, -0.1) is 0 Å². The lowest BCUT2D eigenvalue weighted by Gasteiger charge is -2.32. The number of aryl methyl sites for hydroxylation is 2. The van der Waals surface area contributed by atoms with Gasteiger partial charge in [0.05, 0.1) is 17.7 Å². The number of ether oxygens (including phenoxy) is 1. The second kappa shape index (κ2) is 14.2. The van der Waals surface area contributed by atoms with E-state index in [2.05, 4.69) is 5.32 Å². The summed E-state index contributed by atoms with van der Waals surface area (Å²) in [5.74, 6) is 0.107. The number of carbonyl (C=O) groups is 2. The van der Waals surface area contributed by atoms with E-state index < -0.39 is 28.5 Å². The fourth-order valence-electron chi connectivity index (χ4n) is 4.37. The molecule has 0 spiro atoms. The van der Waals surface area contributed by atoms with Crippen LogP contribution >= 0.6 is 0 Å². The number of hydrogen-bond acceptors (Lipinski definition) is 5. The number of nitrogens with one attached hydrogen (secondary N) is 1. The number of benzene rings is 3. The van der Waals surface area contributed by atoms with Crippen LogP contribution in [0.3, 0.4) is 0 Å². The summed E-state index contributed by atoms with van der Waals surface area (Å²) < 4.78 is 34.5. The molecule has 2 amide bonds. The van der Waals surface area contributed by atoms with E-state index in [0.717, 1.165) is 16.7 Å².